The SMILES string of the molecule is CCCCC(=O)N1CSCC1C(=O)NC1CCNC(C)C1.Cl. The van der Waals surface area contributed by atoms with Crippen molar-refractivity contribution in [2.45, 2.75) is 64.1 Å². The summed E-state index contributed by atoms with van der Waals surface area (Å²) in [4.78, 5) is 26.4. The Morgan fingerprint density at radius 3 is 2.86 bits per heavy atom. The minimum atomic E-state index is -0.274. The van der Waals surface area contributed by atoms with Gasteiger partial charge in [0.05, 0.1) is 5.88 Å². The molecule has 0 aliphatic carbocycles. The zero-order chi connectivity index (χ0) is 15.2. The molecule has 0 radical (unpaired) electrons. The molecule has 2 saturated heterocycles. The molecule has 22 heavy (non-hydrogen) atoms. The van der Waals surface area contributed by atoms with Gasteiger partial charge in [0.15, 0.2) is 0 Å². The molecule has 2 rings (SSSR count). The monoisotopic (exact) mass is 349 g/mol. The molecule has 0 aromatic rings. The van der Waals surface area contributed by atoms with E-state index in [0.29, 0.717) is 18.3 Å². The molecule has 0 bridgehead atoms. The summed E-state index contributed by atoms with van der Waals surface area (Å²) in [6, 6.07) is 0.417. The molecule has 0 aromatic heterocycles. The third kappa shape index (κ3) is 5.32. The maximum atomic E-state index is 12.5. The molecule has 128 valence electrons. The van der Waals surface area contributed by atoms with Crippen LogP contribution in [-0.2, 0) is 9.59 Å². The molecule has 3 atom stereocenters. The van der Waals surface area contributed by atoms with Crippen molar-refractivity contribution in [1.29, 1.82) is 0 Å². The lowest BCUT2D eigenvalue weighted by atomic mass is 10.0. The summed E-state index contributed by atoms with van der Waals surface area (Å²) >= 11 is 1.67. The van der Waals surface area contributed by atoms with Crippen molar-refractivity contribution in [3.05, 3.63) is 0 Å². The molecular weight excluding hydrogens is 322 g/mol. The number of hydrogen-bond acceptors (Lipinski definition) is 4. The number of nitrogens with zero attached hydrogens (tertiary/aromatic N) is 1. The highest BCUT2D eigenvalue weighted by Gasteiger charge is 2.35. The van der Waals surface area contributed by atoms with Gasteiger partial charge in [-0.3, -0.25) is 9.59 Å². The van der Waals surface area contributed by atoms with E-state index in [1.165, 1.54) is 0 Å². The summed E-state index contributed by atoms with van der Waals surface area (Å²) < 4.78 is 0. The Bertz CT molecular complexity index is 384. The van der Waals surface area contributed by atoms with Crippen molar-refractivity contribution in [2.24, 2.45) is 0 Å². The van der Waals surface area contributed by atoms with Crippen molar-refractivity contribution in [3.63, 3.8) is 0 Å². The largest absolute Gasteiger partial charge is 0.351 e. The number of piperidine rings is 1. The topological polar surface area (TPSA) is 61.4 Å². The number of carbonyl (C=O) groups excluding carboxylic acids is 2. The highest BCUT2D eigenvalue weighted by Crippen LogP contribution is 2.23. The van der Waals surface area contributed by atoms with Gasteiger partial charge in [-0.1, -0.05) is 13.3 Å². The first kappa shape index (κ1) is 19.6. The van der Waals surface area contributed by atoms with Gasteiger partial charge in [-0.2, -0.15) is 0 Å². The van der Waals surface area contributed by atoms with E-state index >= 15 is 0 Å². The number of nitrogens with one attached hydrogen (secondary N) is 2. The maximum Gasteiger partial charge on any atom is 0.243 e. The highest BCUT2D eigenvalue weighted by molar-refractivity contribution is 7.99. The number of halogens is 1. The van der Waals surface area contributed by atoms with Crippen molar-refractivity contribution in [1.82, 2.24) is 15.5 Å². The standard InChI is InChI=1S/C15H27N3O2S.ClH/c1-3-4-5-14(19)18-10-21-9-13(18)15(20)17-12-6-7-16-11(2)8-12;/h11-13,16H,3-10H2,1-2H3,(H,17,20);1H. The van der Waals surface area contributed by atoms with E-state index < -0.39 is 0 Å². The Hall–Kier alpha value is -0.460. The Balaban J connectivity index is 0.00000242. The van der Waals surface area contributed by atoms with Gasteiger partial charge in [-0.25, -0.2) is 0 Å². The van der Waals surface area contributed by atoms with Crippen molar-refractivity contribution >= 4 is 36.0 Å². The molecule has 7 heteroatoms. The average molecular weight is 350 g/mol. The summed E-state index contributed by atoms with van der Waals surface area (Å²) in [5.41, 5.74) is 0. The summed E-state index contributed by atoms with van der Waals surface area (Å²) in [5, 5.41) is 6.53. The van der Waals surface area contributed by atoms with E-state index in [1.807, 2.05) is 0 Å². The van der Waals surface area contributed by atoms with E-state index in [1.54, 1.807) is 16.7 Å². The van der Waals surface area contributed by atoms with Crippen LogP contribution in [-0.4, -0.2) is 53.0 Å². The Morgan fingerprint density at radius 2 is 2.18 bits per heavy atom. The smallest absolute Gasteiger partial charge is 0.243 e. The van der Waals surface area contributed by atoms with Crippen LogP contribution in [0.2, 0.25) is 0 Å². The number of unbranched alkanes of at least 4 members (excludes halogenated alkanes) is 1. The number of rotatable bonds is 5. The van der Waals surface area contributed by atoms with Gasteiger partial charge >= 0.3 is 0 Å². The summed E-state index contributed by atoms with van der Waals surface area (Å²) in [5.74, 6) is 1.54. The highest BCUT2D eigenvalue weighted by atomic mass is 35.5. The quantitative estimate of drug-likeness (QED) is 0.794. The molecule has 2 N–H and O–H groups in total. The Labute approximate surface area is 143 Å². The van der Waals surface area contributed by atoms with Crippen molar-refractivity contribution in [2.75, 3.05) is 18.2 Å². The van der Waals surface area contributed by atoms with Crippen LogP contribution in [0.1, 0.15) is 46.0 Å². The molecule has 0 saturated carbocycles. The number of carbonyl (C=O) groups is 2. The fourth-order valence-corrected chi connectivity index (χ4v) is 4.12. The fourth-order valence-electron chi connectivity index (χ4n) is 2.94. The van der Waals surface area contributed by atoms with Crippen molar-refractivity contribution in [3.8, 4) is 0 Å². The third-order valence-corrected chi connectivity index (χ3v) is 5.23. The minimum absolute atomic E-state index is 0. The molecule has 0 spiro atoms. The molecule has 2 aliphatic rings. The van der Waals surface area contributed by atoms with E-state index in [0.717, 1.165) is 38.0 Å². The van der Waals surface area contributed by atoms with E-state index in [2.05, 4.69) is 24.5 Å². The second-order valence-electron chi connectivity index (χ2n) is 6.07. The lowest BCUT2D eigenvalue weighted by molar-refractivity contribution is -0.138. The zero-order valence-corrected chi connectivity index (χ0v) is 15.1. The molecular formula is C15H28ClN3O2S. The first-order valence-electron chi connectivity index (χ1n) is 8.02. The van der Waals surface area contributed by atoms with Gasteiger partial charge in [0.2, 0.25) is 11.8 Å². The third-order valence-electron chi connectivity index (χ3n) is 4.22. The van der Waals surface area contributed by atoms with Gasteiger partial charge < -0.3 is 15.5 Å². The van der Waals surface area contributed by atoms with Crippen molar-refractivity contribution < 1.29 is 9.59 Å². The van der Waals surface area contributed by atoms with Crippen LogP contribution in [0.3, 0.4) is 0 Å². The first-order valence-corrected chi connectivity index (χ1v) is 9.18. The van der Waals surface area contributed by atoms with E-state index in [4.69, 9.17) is 0 Å². The van der Waals surface area contributed by atoms with Gasteiger partial charge in [0.1, 0.15) is 6.04 Å². The summed E-state index contributed by atoms with van der Waals surface area (Å²) in [6.45, 7) is 5.17. The van der Waals surface area contributed by atoms with Crippen LogP contribution in [0.15, 0.2) is 0 Å². The molecule has 2 fully saturated rings. The van der Waals surface area contributed by atoms with Crippen LogP contribution >= 0.6 is 24.2 Å². The molecule has 5 nitrogen and oxygen atoms in total. The van der Waals surface area contributed by atoms with Gasteiger partial charge in [0, 0.05) is 24.3 Å². The fraction of sp³-hybridized carbons (Fsp3) is 0.867. The van der Waals surface area contributed by atoms with E-state index in [-0.39, 0.29) is 36.3 Å². The summed E-state index contributed by atoms with van der Waals surface area (Å²) in [6.07, 6.45) is 4.41. The van der Waals surface area contributed by atoms with Gasteiger partial charge in [-0.05, 0) is 32.7 Å². The predicted octanol–water partition coefficient (Wildman–Crippen LogP) is 1.76. The molecule has 0 aromatic carbocycles. The first-order chi connectivity index (χ1) is 10.1. The average Bonchev–Trinajstić information content (AvgIpc) is 2.94. The predicted molar refractivity (Wildman–Crippen MR) is 93.4 cm³/mol. The van der Waals surface area contributed by atoms with Crippen LogP contribution < -0.4 is 10.6 Å². The summed E-state index contributed by atoms with van der Waals surface area (Å²) in [7, 11) is 0. The maximum absolute atomic E-state index is 12.5. The van der Waals surface area contributed by atoms with Crippen LogP contribution in [0, 0.1) is 0 Å². The second-order valence-corrected chi connectivity index (χ2v) is 7.07. The molecule has 2 amide bonds. The Kier molecular flexibility index (Phi) is 8.57. The van der Waals surface area contributed by atoms with Gasteiger partial charge in [-0.15, -0.1) is 24.2 Å². The zero-order valence-electron chi connectivity index (χ0n) is 13.5. The normalized spacial score (nSPS) is 28.1. The molecule has 2 aliphatic heterocycles. The molecule has 3 unspecified atom stereocenters. The number of thioether (sulfide) groups is 1. The lowest BCUT2D eigenvalue weighted by Gasteiger charge is -2.31. The second kappa shape index (κ2) is 9.63. The van der Waals surface area contributed by atoms with Crippen LogP contribution in [0.4, 0.5) is 0 Å². The van der Waals surface area contributed by atoms with Gasteiger partial charge in [0.25, 0.3) is 0 Å². The minimum Gasteiger partial charge on any atom is -0.351 e. The lowest BCUT2D eigenvalue weighted by Crippen LogP contribution is -2.53. The number of amides is 2. The number of hydrogen-bond donors (Lipinski definition) is 2. The van der Waals surface area contributed by atoms with Crippen LogP contribution in [0.5, 0.6) is 0 Å². The van der Waals surface area contributed by atoms with E-state index in [9.17, 15) is 9.59 Å². The molecule has 2 heterocycles. The Morgan fingerprint density at radius 1 is 1.41 bits per heavy atom. The van der Waals surface area contributed by atoms with Crippen LogP contribution in [0.25, 0.3) is 0 Å².